The zero-order valence-corrected chi connectivity index (χ0v) is 18.5. The summed E-state index contributed by atoms with van der Waals surface area (Å²) >= 11 is 0. The Labute approximate surface area is 194 Å². The fourth-order valence-electron chi connectivity index (χ4n) is 3.89. The smallest absolute Gasteiger partial charge is 0.263 e. The summed E-state index contributed by atoms with van der Waals surface area (Å²) in [4.78, 5) is 13.9. The van der Waals surface area contributed by atoms with Gasteiger partial charge in [0.15, 0.2) is 11.5 Å². The van der Waals surface area contributed by atoms with E-state index in [9.17, 15) is 13.2 Å². The molecular weight excluding hydrogens is 439 g/mol. The van der Waals surface area contributed by atoms with Crippen molar-refractivity contribution >= 4 is 10.8 Å². The van der Waals surface area contributed by atoms with E-state index < -0.39 is 17.3 Å². The molecule has 4 heterocycles. The van der Waals surface area contributed by atoms with Gasteiger partial charge < -0.3 is 0 Å². The highest BCUT2D eigenvalue weighted by Crippen LogP contribution is 2.33. The molecule has 0 radical (unpaired) electrons. The van der Waals surface area contributed by atoms with Crippen LogP contribution < -0.4 is 0 Å². The Bertz CT molecular complexity index is 1480. The van der Waals surface area contributed by atoms with E-state index in [1.165, 1.54) is 6.20 Å². The van der Waals surface area contributed by atoms with Gasteiger partial charge in [-0.1, -0.05) is 36.4 Å². The van der Waals surface area contributed by atoms with E-state index in [0.29, 0.717) is 11.5 Å². The molecule has 5 aromatic rings. The molecule has 0 aliphatic carbocycles. The lowest BCUT2D eigenvalue weighted by Crippen LogP contribution is -2.23. The largest absolute Gasteiger partial charge is 0.435 e. The van der Waals surface area contributed by atoms with E-state index in [1.807, 2.05) is 68.6 Å². The predicted octanol–water partition coefficient (Wildman–Crippen LogP) is 6.22. The predicted molar refractivity (Wildman–Crippen MR) is 123 cm³/mol. The van der Waals surface area contributed by atoms with Gasteiger partial charge in [0.2, 0.25) is 0 Å². The highest BCUT2D eigenvalue weighted by Gasteiger charge is 2.34. The van der Waals surface area contributed by atoms with Crippen LogP contribution in [0.25, 0.3) is 27.8 Å². The Morgan fingerprint density at radius 1 is 0.735 bits per heavy atom. The second-order valence-electron chi connectivity index (χ2n) is 8.47. The highest BCUT2D eigenvalue weighted by atomic mass is 19.4. The van der Waals surface area contributed by atoms with Crippen molar-refractivity contribution in [3.63, 3.8) is 0 Å². The maximum Gasteiger partial charge on any atom is 0.435 e. The normalized spacial score (nSPS) is 12.3. The second kappa shape index (κ2) is 8.06. The summed E-state index contributed by atoms with van der Waals surface area (Å²) in [7, 11) is 0. The van der Waals surface area contributed by atoms with Crippen LogP contribution in [0.3, 0.4) is 0 Å². The van der Waals surface area contributed by atoms with Gasteiger partial charge in [0.05, 0.1) is 17.1 Å². The molecule has 0 atom stereocenters. The van der Waals surface area contributed by atoms with Crippen LogP contribution in [-0.4, -0.2) is 24.7 Å². The van der Waals surface area contributed by atoms with E-state index in [2.05, 4.69) is 15.1 Å². The summed E-state index contributed by atoms with van der Waals surface area (Å²) in [5.41, 5.74) is 1.57. The van der Waals surface area contributed by atoms with Crippen LogP contribution in [0.4, 0.5) is 13.2 Å². The average Bonchev–Trinajstić information content (AvgIpc) is 3.35. The van der Waals surface area contributed by atoms with Crippen LogP contribution in [0.5, 0.6) is 0 Å². The number of nitrogens with zero attached hydrogens (tertiary/aromatic N) is 5. The number of hydrogen-bond donors (Lipinski definition) is 0. The van der Waals surface area contributed by atoms with E-state index in [4.69, 9.17) is 4.98 Å². The summed E-state index contributed by atoms with van der Waals surface area (Å²) in [6.45, 7) is 3.97. The Hall–Kier alpha value is -4.07. The van der Waals surface area contributed by atoms with Gasteiger partial charge in [-0.05, 0) is 49.6 Å². The van der Waals surface area contributed by atoms with Gasteiger partial charge in [-0.3, -0.25) is 9.97 Å². The molecule has 5 nitrogen and oxygen atoms in total. The number of aromatic nitrogens is 5. The van der Waals surface area contributed by atoms with Gasteiger partial charge in [0.1, 0.15) is 0 Å². The van der Waals surface area contributed by atoms with Crippen LogP contribution in [0.15, 0.2) is 85.3 Å². The maximum absolute atomic E-state index is 13.0. The molecule has 0 unspecified atom stereocenters. The Kier molecular flexibility index (Phi) is 5.16. The van der Waals surface area contributed by atoms with Gasteiger partial charge >= 0.3 is 6.18 Å². The molecule has 4 aromatic heterocycles. The van der Waals surface area contributed by atoms with E-state index in [0.717, 1.165) is 38.5 Å². The molecule has 0 spiro atoms. The summed E-state index contributed by atoms with van der Waals surface area (Å²) < 4.78 is 40.1. The molecule has 34 heavy (non-hydrogen) atoms. The summed E-state index contributed by atoms with van der Waals surface area (Å²) in [6, 6.07) is 19.9. The molecule has 0 aliphatic heterocycles. The first-order valence-electron chi connectivity index (χ1n) is 10.6. The Balaban J connectivity index is 1.54. The fourth-order valence-corrected chi connectivity index (χ4v) is 3.89. The quantitative estimate of drug-likeness (QED) is 0.320. The minimum absolute atomic E-state index is 0.301. The lowest BCUT2D eigenvalue weighted by molar-refractivity contribution is -0.141. The van der Waals surface area contributed by atoms with Crippen molar-refractivity contribution in [2.75, 3.05) is 0 Å². The first-order valence-corrected chi connectivity index (χ1v) is 10.6. The number of hydrogen-bond acceptors (Lipinski definition) is 4. The SMILES string of the molecule is CC(C)(c1cccc(-c2cncc3ccccc23)n1)c1cccc(-n2ccc(C(F)(F)F)n2)n1. The molecule has 0 saturated heterocycles. The number of benzene rings is 1. The molecule has 0 bridgehead atoms. The summed E-state index contributed by atoms with van der Waals surface area (Å²) in [5, 5.41) is 5.72. The molecule has 170 valence electrons. The Morgan fingerprint density at radius 3 is 2.24 bits per heavy atom. The van der Waals surface area contributed by atoms with Crippen LogP contribution in [0.2, 0.25) is 0 Å². The highest BCUT2D eigenvalue weighted by molar-refractivity contribution is 5.94. The zero-order chi connectivity index (χ0) is 23.9. The molecule has 0 fully saturated rings. The zero-order valence-electron chi connectivity index (χ0n) is 18.5. The standard InChI is InChI=1S/C26H20F3N5/c1-25(2,22-11-6-12-24(32-22)34-14-13-23(33-34)26(27,28)29)21-10-5-9-20(31-21)19-16-30-15-17-7-3-4-8-18(17)19/h3-16H,1-2H3. The van der Waals surface area contributed by atoms with Crippen molar-refractivity contribution in [2.45, 2.75) is 25.4 Å². The molecule has 0 N–H and O–H groups in total. The lowest BCUT2D eigenvalue weighted by Gasteiger charge is -2.24. The van der Waals surface area contributed by atoms with Crippen LogP contribution in [-0.2, 0) is 11.6 Å². The molecule has 8 heteroatoms. The number of pyridine rings is 3. The van der Waals surface area contributed by atoms with Crippen molar-refractivity contribution < 1.29 is 13.2 Å². The van der Waals surface area contributed by atoms with E-state index in [1.54, 1.807) is 18.3 Å². The number of halogens is 3. The number of alkyl halides is 3. The minimum Gasteiger partial charge on any atom is -0.263 e. The third kappa shape index (κ3) is 3.91. The molecule has 0 amide bonds. The first-order chi connectivity index (χ1) is 16.2. The van der Waals surface area contributed by atoms with Crippen LogP contribution >= 0.6 is 0 Å². The molecular formula is C26H20F3N5. The van der Waals surface area contributed by atoms with Gasteiger partial charge in [-0.15, -0.1) is 0 Å². The van der Waals surface area contributed by atoms with Crippen LogP contribution in [0.1, 0.15) is 30.9 Å². The average molecular weight is 459 g/mol. The van der Waals surface area contributed by atoms with Gasteiger partial charge in [0.25, 0.3) is 0 Å². The summed E-state index contributed by atoms with van der Waals surface area (Å²) in [5.74, 6) is 0.301. The summed E-state index contributed by atoms with van der Waals surface area (Å²) in [6.07, 6.45) is 0.370. The monoisotopic (exact) mass is 459 g/mol. The molecule has 1 aromatic carbocycles. The minimum atomic E-state index is -4.51. The van der Waals surface area contributed by atoms with Crippen LogP contribution in [0, 0.1) is 0 Å². The second-order valence-corrected chi connectivity index (χ2v) is 8.47. The number of rotatable bonds is 4. The van der Waals surface area contributed by atoms with Crippen molar-refractivity contribution in [3.05, 3.63) is 102 Å². The third-order valence-electron chi connectivity index (χ3n) is 5.82. The molecule has 0 aliphatic rings. The molecule has 5 rings (SSSR count). The van der Waals surface area contributed by atoms with Gasteiger partial charge in [0, 0.05) is 35.0 Å². The fraction of sp³-hybridized carbons (Fsp3) is 0.154. The van der Waals surface area contributed by atoms with Crippen molar-refractivity contribution in [1.82, 2.24) is 24.7 Å². The first kappa shape index (κ1) is 21.8. The van der Waals surface area contributed by atoms with E-state index >= 15 is 0 Å². The van der Waals surface area contributed by atoms with Crippen molar-refractivity contribution in [3.8, 4) is 17.1 Å². The molecule has 0 saturated carbocycles. The lowest BCUT2D eigenvalue weighted by atomic mass is 9.84. The van der Waals surface area contributed by atoms with E-state index in [-0.39, 0.29) is 0 Å². The maximum atomic E-state index is 13.0. The topological polar surface area (TPSA) is 56.5 Å². The van der Waals surface area contributed by atoms with Gasteiger partial charge in [-0.25, -0.2) is 9.67 Å². The third-order valence-corrected chi connectivity index (χ3v) is 5.82. The number of fused-ring (bicyclic) bond motifs is 1. The Morgan fingerprint density at radius 2 is 1.47 bits per heavy atom. The van der Waals surface area contributed by atoms with Crippen molar-refractivity contribution in [1.29, 1.82) is 0 Å². The van der Waals surface area contributed by atoms with Gasteiger partial charge in [-0.2, -0.15) is 18.3 Å². The van der Waals surface area contributed by atoms with Crippen molar-refractivity contribution in [2.24, 2.45) is 0 Å².